The van der Waals surface area contributed by atoms with Gasteiger partial charge in [-0.1, -0.05) is 0 Å². The van der Waals surface area contributed by atoms with Crippen LogP contribution in [0.25, 0.3) is 0 Å². The first-order valence-corrected chi connectivity index (χ1v) is 6.56. The van der Waals surface area contributed by atoms with E-state index in [0.29, 0.717) is 13.2 Å². The second-order valence-electron chi connectivity index (χ2n) is 4.78. The number of benzene rings is 1. The number of nitrogens with zero attached hydrogens (tertiary/aromatic N) is 1. The van der Waals surface area contributed by atoms with Gasteiger partial charge in [0.2, 0.25) is 0 Å². The summed E-state index contributed by atoms with van der Waals surface area (Å²) >= 11 is 0. The Labute approximate surface area is 114 Å². The SMILES string of the molecule is COCCCN(C)Cc1cc2c(cc1N)OCCO2. The lowest BCUT2D eigenvalue weighted by Gasteiger charge is -2.22. The molecule has 106 valence electrons. The summed E-state index contributed by atoms with van der Waals surface area (Å²) in [5.41, 5.74) is 7.89. The molecule has 2 N–H and O–H groups in total. The van der Waals surface area contributed by atoms with Crippen LogP contribution in [0.5, 0.6) is 11.5 Å². The van der Waals surface area contributed by atoms with Crippen LogP contribution >= 0.6 is 0 Å². The quantitative estimate of drug-likeness (QED) is 0.625. The first kappa shape index (κ1) is 14.0. The van der Waals surface area contributed by atoms with Gasteiger partial charge < -0.3 is 24.8 Å². The molecular weight excluding hydrogens is 244 g/mol. The van der Waals surface area contributed by atoms with Gasteiger partial charge in [-0.05, 0) is 25.1 Å². The topological polar surface area (TPSA) is 57.0 Å². The Morgan fingerprint density at radius 2 is 1.95 bits per heavy atom. The summed E-state index contributed by atoms with van der Waals surface area (Å²) in [6.45, 7) is 3.73. The lowest BCUT2D eigenvalue weighted by Crippen LogP contribution is -2.21. The molecule has 0 radical (unpaired) electrons. The first-order chi connectivity index (χ1) is 9.20. The zero-order valence-electron chi connectivity index (χ0n) is 11.6. The number of rotatable bonds is 6. The van der Waals surface area contributed by atoms with Crippen molar-refractivity contribution in [1.29, 1.82) is 0 Å². The van der Waals surface area contributed by atoms with Crippen LogP contribution in [0.2, 0.25) is 0 Å². The number of hydrogen-bond acceptors (Lipinski definition) is 5. The Hall–Kier alpha value is -1.46. The second-order valence-corrected chi connectivity index (χ2v) is 4.78. The van der Waals surface area contributed by atoms with Gasteiger partial charge in [0.15, 0.2) is 11.5 Å². The van der Waals surface area contributed by atoms with E-state index in [1.165, 1.54) is 0 Å². The molecule has 0 atom stereocenters. The predicted octanol–water partition coefficient (Wildman–Crippen LogP) is 1.51. The van der Waals surface area contributed by atoms with Crippen LogP contribution in [-0.4, -0.2) is 45.4 Å². The van der Waals surface area contributed by atoms with Crippen LogP contribution in [0.15, 0.2) is 12.1 Å². The van der Waals surface area contributed by atoms with E-state index in [1.54, 1.807) is 7.11 Å². The Morgan fingerprint density at radius 1 is 1.26 bits per heavy atom. The van der Waals surface area contributed by atoms with Gasteiger partial charge in [0.05, 0.1) is 0 Å². The maximum atomic E-state index is 6.06. The predicted molar refractivity (Wildman–Crippen MR) is 74.7 cm³/mol. The van der Waals surface area contributed by atoms with Crippen LogP contribution in [0.3, 0.4) is 0 Å². The lowest BCUT2D eigenvalue weighted by molar-refractivity contribution is 0.170. The molecule has 0 saturated heterocycles. The zero-order valence-corrected chi connectivity index (χ0v) is 11.6. The van der Waals surface area contributed by atoms with Crippen molar-refractivity contribution in [3.05, 3.63) is 17.7 Å². The maximum absolute atomic E-state index is 6.06. The number of hydrogen-bond donors (Lipinski definition) is 1. The minimum Gasteiger partial charge on any atom is -0.486 e. The number of anilines is 1. The highest BCUT2D eigenvalue weighted by molar-refractivity contribution is 5.58. The van der Waals surface area contributed by atoms with Crippen LogP contribution in [-0.2, 0) is 11.3 Å². The molecule has 0 spiro atoms. The highest BCUT2D eigenvalue weighted by Gasteiger charge is 2.15. The molecule has 19 heavy (non-hydrogen) atoms. The van der Waals surface area contributed by atoms with Gasteiger partial charge in [0.1, 0.15) is 13.2 Å². The number of nitrogens with two attached hydrogens (primary N) is 1. The number of methoxy groups -OCH3 is 1. The monoisotopic (exact) mass is 266 g/mol. The third-order valence-electron chi connectivity index (χ3n) is 3.13. The lowest BCUT2D eigenvalue weighted by atomic mass is 10.1. The molecule has 5 nitrogen and oxygen atoms in total. The van der Waals surface area contributed by atoms with Crippen LogP contribution in [0, 0.1) is 0 Å². The van der Waals surface area contributed by atoms with E-state index in [1.807, 2.05) is 12.1 Å². The summed E-state index contributed by atoms with van der Waals surface area (Å²) in [6.07, 6.45) is 1.01. The van der Waals surface area contributed by atoms with Crippen molar-refractivity contribution < 1.29 is 14.2 Å². The molecule has 0 amide bonds. The Morgan fingerprint density at radius 3 is 2.63 bits per heavy atom. The molecule has 5 heteroatoms. The van der Waals surface area contributed by atoms with Crippen molar-refractivity contribution in [3.8, 4) is 11.5 Å². The van der Waals surface area contributed by atoms with Crippen LogP contribution in [0.4, 0.5) is 5.69 Å². The smallest absolute Gasteiger partial charge is 0.163 e. The molecule has 1 heterocycles. The maximum Gasteiger partial charge on any atom is 0.163 e. The molecular formula is C14H22N2O3. The average Bonchev–Trinajstić information content (AvgIpc) is 2.40. The zero-order chi connectivity index (χ0) is 13.7. The Bertz CT molecular complexity index is 423. The van der Waals surface area contributed by atoms with Crippen LogP contribution in [0.1, 0.15) is 12.0 Å². The van der Waals surface area contributed by atoms with Crippen molar-refractivity contribution in [2.45, 2.75) is 13.0 Å². The fraction of sp³-hybridized carbons (Fsp3) is 0.571. The highest BCUT2D eigenvalue weighted by Crippen LogP contribution is 2.34. The van der Waals surface area contributed by atoms with Gasteiger partial charge in [-0.25, -0.2) is 0 Å². The molecule has 1 aliphatic heterocycles. The number of ether oxygens (including phenoxy) is 3. The van der Waals surface area contributed by atoms with Gasteiger partial charge in [-0.15, -0.1) is 0 Å². The number of fused-ring (bicyclic) bond motifs is 1. The van der Waals surface area contributed by atoms with Crippen molar-refractivity contribution in [2.24, 2.45) is 0 Å². The van der Waals surface area contributed by atoms with E-state index in [9.17, 15) is 0 Å². The van der Waals surface area contributed by atoms with E-state index in [4.69, 9.17) is 19.9 Å². The molecule has 0 saturated carbocycles. The summed E-state index contributed by atoms with van der Waals surface area (Å²) in [7, 11) is 3.80. The average molecular weight is 266 g/mol. The first-order valence-electron chi connectivity index (χ1n) is 6.56. The molecule has 0 unspecified atom stereocenters. The minimum atomic E-state index is 0.586. The summed E-state index contributed by atoms with van der Waals surface area (Å²) in [6, 6.07) is 3.84. The van der Waals surface area contributed by atoms with Gasteiger partial charge in [0.25, 0.3) is 0 Å². The Kier molecular flexibility index (Phi) is 4.87. The second kappa shape index (κ2) is 6.63. The Balaban J connectivity index is 1.99. The molecule has 0 aliphatic carbocycles. The third kappa shape index (κ3) is 3.75. The summed E-state index contributed by atoms with van der Waals surface area (Å²) < 4.78 is 16.1. The van der Waals surface area contributed by atoms with Crippen molar-refractivity contribution in [1.82, 2.24) is 4.90 Å². The molecule has 1 aromatic carbocycles. The fourth-order valence-electron chi connectivity index (χ4n) is 2.13. The van der Waals surface area contributed by atoms with Crippen LogP contribution < -0.4 is 15.2 Å². The van der Waals surface area contributed by atoms with E-state index < -0.39 is 0 Å². The normalized spacial score (nSPS) is 13.8. The molecule has 0 aromatic heterocycles. The van der Waals surface area contributed by atoms with Crippen molar-refractivity contribution >= 4 is 5.69 Å². The van der Waals surface area contributed by atoms with E-state index in [2.05, 4.69) is 11.9 Å². The summed E-state index contributed by atoms with van der Waals surface area (Å²) in [4.78, 5) is 2.22. The standard InChI is InChI=1S/C14H22N2O3/c1-16(4-3-5-17-2)10-11-8-13-14(9-12(11)15)19-7-6-18-13/h8-9H,3-7,10,15H2,1-2H3. The fourth-order valence-corrected chi connectivity index (χ4v) is 2.13. The van der Waals surface area contributed by atoms with Gasteiger partial charge in [0, 0.05) is 38.6 Å². The van der Waals surface area contributed by atoms with Gasteiger partial charge in [-0.3, -0.25) is 0 Å². The van der Waals surface area contributed by atoms with Crippen molar-refractivity contribution in [2.75, 3.05) is 46.3 Å². The van der Waals surface area contributed by atoms with Crippen molar-refractivity contribution in [3.63, 3.8) is 0 Å². The molecule has 0 bridgehead atoms. The van der Waals surface area contributed by atoms with E-state index >= 15 is 0 Å². The summed E-state index contributed by atoms with van der Waals surface area (Å²) in [5, 5.41) is 0. The number of nitrogen functional groups attached to an aromatic ring is 1. The summed E-state index contributed by atoms with van der Waals surface area (Å²) in [5.74, 6) is 1.54. The molecule has 2 rings (SSSR count). The third-order valence-corrected chi connectivity index (χ3v) is 3.13. The molecule has 1 aromatic rings. The molecule has 0 fully saturated rings. The minimum absolute atomic E-state index is 0.586. The van der Waals surface area contributed by atoms with E-state index in [0.717, 1.165) is 48.9 Å². The molecule has 1 aliphatic rings. The van der Waals surface area contributed by atoms with Gasteiger partial charge in [-0.2, -0.15) is 0 Å². The van der Waals surface area contributed by atoms with Gasteiger partial charge >= 0.3 is 0 Å². The largest absolute Gasteiger partial charge is 0.486 e. The highest BCUT2D eigenvalue weighted by atomic mass is 16.6. The van der Waals surface area contributed by atoms with E-state index in [-0.39, 0.29) is 0 Å².